The van der Waals surface area contributed by atoms with E-state index in [4.69, 9.17) is 10.5 Å². The van der Waals surface area contributed by atoms with Crippen molar-refractivity contribution in [3.8, 4) is 0 Å². The van der Waals surface area contributed by atoms with Crippen molar-refractivity contribution in [3.05, 3.63) is 0 Å². The molecule has 0 spiro atoms. The zero-order valence-corrected chi connectivity index (χ0v) is 11.6. The Hall–Kier alpha value is -0.770. The quantitative estimate of drug-likeness (QED) is 0.551. The molecular formula is C13H27N3O. The van der Waals surface area contributed by atoms with E-state index in [1.807, 2.05) is 0 Å². The normalized spacial score (nSPS) is 27.6. The van der Waals surface area contributed by atoms with Gasteiger partial charge in [-0.25, -0.2) is 0 Å². The first-order valence-corrected chi connectivity index (χ1v) is 6.73. The summed E-state index contributed by atoms with van der Waals surface area (Å²) in [5.74, 6) is 0.581. The second-order valence-electron chi connectivity index (χ2n) is 4.86. The fourth-order valence-corrected chi connectivity index (χ4v) is 2.94. The number of hydrogen-bond donors (Lipinski definition) is 2. The monoisotopic (exact) mass is 241 g/mol. The summed E-state index contributed by atoms with van der Waals surface area (Å²) in [4.78, 5) is 4.29. The van der Waals surface area contributed by atoms with Crippen molar-refractivity contribution in [2.24, 2.45) is 16.1 Å². The van der Waals surface area contributed by atoms with E-state index in [-0.39, 0.29) is 5.41 Å². The van der Waals surface area contributed by atoms with Gasteiger partial charge in [-0.15, -0.1) is 0 Å². The minimum atomic E-state index is 0.223. The van der Waals surface area contributed by atoms with Crippen molar-refractivity contribution in [3.63, 3.8) is 0 Å². The van der Waals surface area contributed by atoms with Crippen molar-refractivity contribution in [1.82, 2.24) is 5.32 Å². The van der Waals surface area contributed by atoms with E-state index < -0.39 is 0 Å². The van der Waals surface area contributed by atoms with Crippen LogP contribution in [0.1, 0.15) is 46.5 Å². The number of hydrogen-bond acceptors (Lipinski definition) is 2. The summed E-state index contributed by atoms with van der Waals surface area (Å²) < 4.78 is 5.56. The molecule has 2 atom stereocenters. The van der Waals surface area contributed by atoms with E-state index in [9.17, 15) is 0 Å². The Kier molecular flexibility index (Phi) is 5.25. The Bertz CT molecular complexity index is 261. The van der Waals surface area contributed by atoms with Gasteiger partial charge in [-0.3, -0.25) is 4.99 Å². The first-order valence-electron chi connectivity index (χ1n) is 6.73. The zero-order chi connectivity index (χ0) is 12.9. The summed E-state index contributed by atoms with van der Waals surface area (Å²) >= 11 is 0. The third-order valence-corrected chi connectivity index (χ3v) is 4.21. The van der Waals surface area contributed by atoms with Crippen molar-refractivity contribution in [1.29, 1.82) is 0 Å². The van der Waals surface area contributed by atoms with Crippen LogP contribution in [0.25, 0.3) is 0 Å². The second kappa shape index (κ2) is 6.24. The molecule has 1 aliphatic rings. The first kappa shape index (κ1) is 14.3. The maximum Gasteiger partial charge on any atom is 0.188 e. The molecule has 0 radical (unpaired) electrons. The van der Waals surface area contributed by atoms with Crippen LogP contribution in [0.3, 0.4) is 0 Å². The number of nitrogens with two attached hydrogens (primary N) is 1. The fourth-order valence-electron chi connectivity index (χ4n) is 2.94. The summed E-state index contributed by atoms with van der Waals surface area (Å²) in [6.45, 7) is 7.35. The zero-order valence-electron chi connectivity index (χ0n) is 11.6. The molecule has 0 aromatic rings. The lowest BCUT2D eigenvalue weighted by molar-refractivity contribution is -0.118. The lowest BCUT2D eigenvalue weighted by Gasteiger charge is -2.55. The molecule has 4 nitrogen and oxygen atoms in total. The largest absolute Gasteiger partial charge is 0.381 e. The molecule has 1 fully saturated rings. The van der Waals surface area contributed by atoms with Crippen LogP contribution >= 0.6 is 0 Å². The number of guanidine groups is 1. The highest BCUT2D eigenvalue weighted by molar-refractivity contribution is 5.78. The standard InChI is InChI=1S/C13H27N3O/c1-5-8-15-12(14)16-10-9-11(17-4)13(10,6-2)7-3/h10-11H,5-9H2,1-4H3,(H3,14,15,16). The van der Waals surface area contributed by atoms with Gasteiger partial charge >= 0.3 is 0 Å². The van der Waals surface area contributed by atoms with E-state index in [1.165, 1.54) is 0 Å². The molecule has 1 rings (SSSR count). The highest BCUT2D eigenvalue weighted by Gasteiger charge is 2.53. The van der Waals surface area contributed by atoms with Crippen molar-refractivity contribution < 1.29 is 4.74 Å². The topological polar surface area (TPSA) is 59.6 Å². The van der Waals surface area contributed by atoms with E-state index in [2.05, 4.69) is 31.1 Å². The maximum atomic E-state index is 5.89. The average Bonchev–Trinajstić information content (AvgIpc) is 2.33. The summed E-state index contributed by atoms with van der Waals surface area (Å²) in [5.41, 5.74) is 6.11. The smallest absolute Gasteiger partial charge is 0.188 e. The Balaban J connectivity index is 2.61. The maximum absolute atomic E-state index is 5.89. The minimum absolute atomic E-state index is 0.223. The van der Waals surface area contributed by atoms with Gasteiger partial charge in [0.1, 0.15) is 0 Å². The molecule has 0 saturated heterocycles. The van der Waals surface area contributed by atoms with Crippen molar-refractivity contribution >= 4 is 5.96 Å². The third kappa shape index (κ3) is 2.73. The number of nitrogens with one attached hydrogen (secondary N) is 1. The Morgan fingerprint density at radius 1 is 1.41 bits per heavy atom. The summed E-state index contributed by atoms with van der Waals surface area (Å²) in [7, 11) is 1.80. The molecule has 0 aliphatic heterocycles. The van der Waals surface area contributed by atoms with Gasteiger partial charge in [0.25, 0.3) is 0 Å². The fraction of sp³-hybridized carbons (Fsp3) is 0.923. The van der Waals surface area contributed by atoms with Crippen LogP contribution < -0.4 is 11.1 Å². The van der Waals surface area contributed by atoms with Gasteiger partial charge in [0.05, 0.1) is 6.10 Å². The summed E-state index contributed by atoms with van der Waals surface area (Å²) in [5, 5.41) is 3.36. The number of methoxy groups -OCH3 is 1. The second-order valence-corrected chi connectivity index (χ2v) is 4.86. The summed E-state index contributed by atoms with van der Waals surface area (Å²) in [6, 6.07) is 0.406. The molecule has 0 bridgehead atoms. The van der Waals surface area contributed by atoms with Gasteiger partial charge in [-0.2, -0.15) is 0 Å². The van der Waals surface area contributed by atoms with Crippen LogP contribution in [0.2, 0.25) is 0 Å². The highest BCUT2D eigenvalue weighted by Crippen LogP contribution is 2.48. The van der Waals surface area contributed by atoms with Crippen LogP contribution in [0.15, 0.2) is 4.99 Å². The molecule has 0 amide bonds. The van der Waals surface area contributed by atoms with E-state index in [0.717, 1.165) is 32.2 Å². The number of nitrogens with zero attached hydrogens (tertiary/aromatic N) is 1. The van der Waals surface area contributed by atoms with Crippen LogP contribution in [0.5, 0.6) is 0 Å². The molecule has 1 aliphatic carbocycles. The van der Waals surface area contributed by atoms with Gasteiger partial charge in [-0.05, 0) is 25.7 Å². The Morgan fingerprint density at radius 3 is 2.53 bits per heavy atom. The van der Waals surface area contributed by atoms with Crippen molar-refractivity contribution in [2.75, 3.05) is 13.7 Å². The Morgan fingerprint density at radius 2 is 2.06 bits per heavy atom. The van der Waals surface area contributed by atoms with Gasteiger partial charge < -0.3 is 15.8 Å². The molecule has 4 heteroatoms. The van der Waals surface area contributed by atoms with E-state index in [1.54, 1.807) is 7.11 Å². The number of aliphatic imine (C=N–C) groups is 1. The van der Waals surface area contributed by atoms with Crippen LogP contribution in [-0.2, 0) is 4.74 Å². The number of ether oxygens (including phenoxy) is 1. The van der Waals surface area contributed by atoms with E-state index >= 15 is 0 Å². The molecule has 0 heterocycles. The molecule has 0 aromatic carbocycles. The third-order valence-electron chi connectivity index (χ3n) is 4.21. The van der Waals surface area contributed by atoms with Crippen LogP contribution in [0, 0.1) is 5.41 Å². The molecule has 17 heavy (non-hydrogen) atoms. The molecule has 2 unspecified atom stereocenters. The molecule has 1 saturated carbocycles. The lowest BCUT2D eigenvalue weighted by atomic mass is 9.58. The molecule has 0 aromatic heterocycles. The van der Waals surface area contributed by atoms with E-state index in [0.29, 0.717) is 18.1 Å². The molecular weight excluding hydrogens is 214 g/mol. The minimum Gasteiger partial charge on any atom is -0.381 e. The first-order chi connectivity index (χ1) is 8.14. The van der Waals surface area contributed by atoms with Crippen LogP contribution in [0.4, 0.5) is 0 Å². The van der Waals surface area contributed by atoms with Crippen LogP contribution in [-0.4, -0.2) is 31.8 Å². The van der Waals surface area contributed by atoms with Crippen molar-refractivity contribution in [2.45, 2.75) is 58.6 Å². The molecule has 100 valence electrons. The molecule has 3 N–H and O–H groups in total. The Labute approximate surface area is 105 Å². The highest BCUT2D eigenvalue weighted by atomic mass is 16.5. The predicted molar refractivity (Wildman–Crippen MR) is 72.1 cm³/mol. The predicted octanol–water partition coefficient (Wildman–Crippen LogP) is 1.89. The lowest BCUT2D eigenvalue weighted by Crippen LogP contribution is -2.65. The number of rotatable bonds is 6. The van der Waals surface area contributed by atoms with Gasteiger partial charge in [-0.1, -0.05) is 20.8 Å². The van der Waals surface area contributed by atoms with Gasteiger partial charge in [0.2, 0.25) is 0 Å². The average molecular weight is 241 g/mol. The summed E-state index contributed by atoms with van der Waals surface area (Å²) in [6.07, 6.45) is 4.64. The SMILES string of the molecule is CCCN=C(N)NC1CC(OC)C1(CC)CC. The van der Waals surface area contributed by atoms with Gasteiger partial charge in [0.15, 0.2) is 5.96 Å². The van der Waals surface area contributed by atoms with Gasteiger partial charge in [0, 0.05) is 25.1 Å².